The van der Waals surface area contributed by atoms with Gasteiger partial charge in [-0.25, -0.2) is 9.97 Å². The average molecular weight is 242 g/mol. The molecule has 1 amide bonds. The van der Waals surface area contributed by atoms with Crippen molar-refractivity contribution in [3.63, 3.8) is 0 Å². The van der Waals surface area contributed by atoms with Crippen LogP contribution in [0.15, 0.2) is 30.7 Å². The summed E-state index contributed by atoms with van der Waals surface area (Å²) >= 11 is 0. The highest BCUT2D eigenvalue weighted by Gasteiger charge is 2.12. The Kier molecular flexibility index (Phi) is 3.69. The molecule has 0 aliphatic heterocycles. The Labute approximate surface area is 103 Å². The lowest BCUT2D eigenvalue weighted by Crippen LogP contribution is -2.16. The van der Waals surface area contributed by atoms with Gasteiger partial charge in [0.1, 0.15) is 12.3 Å². The summed E-state index contributed by atoms with van der Waals surface area (Å²) in [7, 11) is 0. The molecule has 0 unspecified atom stereocenters. The topological polar surface area (TPSA) is 90.9 Å². The number of aromatic nitrogens is 3. The minimum Gasteiger partial charge on any atom is -0.384 e. The van der Waals surface area contributed by atoms with E-state index in [1.807, 2.05) is 0 Å². The van der Waals surface area contributed by atoms with E-state index in [4.69, 9.17) is 5.11 Å². The molecule has 2 aromatic rings. The Bertz CT molecular complexity index is 596. The summed E-state index contributed by atoms with van der Waals surface area (Å²) in [5.41, 5.74) is 0.644. The highest BCUT2D eigenvalue weighted by atomic mass is 16.2. The van der Waals surface area contributed by atoms with E-state index in [1.54, 1.807) is 18.3 Å². The zero-order valence-electron chi connectivity index (χ0n) is 9.34. The summed E-state index contributed by atoms with van der Waals surface area (Å²) in [5, 5.41) is 11.2. The molecule has 0 saturated heterocycles. The number of anilines is 1. The number of rotatable bonds is 2. The Balaban J connectivity index is 2.24. The molecule has 0 aliphatic carbocycles. The van der Waals surface area contributed by atoms with Crippen molar-refractivity contribution in [3.8, 4) is 11.8 Å². The standard InChI is InChI=1S/C12H10N4O2/c17-8-2-4-9-3-1-5-13-10(9)11(18)16-12-14-6-7-15-12/h1,3,5-7,17H,8H2,(H2,14,15,16,18). The maximum absolute atomic E-state index is 11.9. The molecule has 0 bridgehead atoms. The van der Waals surface area contributed by atoms with Crippen molar-refractivity contribution in [2.75, 3.05) is 11.9 Å². The first kappa shape index (κ1) is 11.8. The molecule has 18 heavy (non-hydrogen) atoms. The quantitative estimate of drug-likeness (QED) is 0.665. The third-order valence-electron chi connectivity index (χ3n) is 2.06. The molecule has 2 aromatic heterocycles. The first-order valence-electron chi connectivity index (χ1n) is 5.16. The molecule has 6 heteroatoms. The molecule has 90 valence electrons. The molecule has 0 aliphatic rings. The van der Waals surface area contributed by atoms with Crippen molar-refractivity contribution in [2.24, 2.45) is 0 Å². The molecule has 0 radical (unpaired) electrons. The number of nitrogens with one attached hydrogen (secondary N) is 2. The number of amides is 1. The van der Waals surface area contributed by atoms with Crippen molar-refractivity contribution in [1.29, 1.82) is 0 Å². The maximum atomic E-state index is 11.9. The van der Waals surface area contributed by atoms with Crippen LogP contribution in [0.25, 0.3) is 0 Å². The smallest absolute Gasteiger partial charge is 0.277 e. The van der Waals surface area contributed by atoms with Gasteiger partial charge in [-0.1, -0.05) is 11.8 Å². The van der Waals surface area contributed by atoms with Gasteiger partial charge < -0.3 is 10.1 Å². The number of hydrogen-bond acceptors (Lipinski definition) is 4. The minimum absolute atomic E-state index is 0.190. The van der Waals surface area contributed by atoms with Crippen LogP contribution in [-0.2, 0) is 0 Å². The number of nitrogens with zero attached hydrogens (tertiary/aromatic N) is 2. The number of aromatic amines is 1. The maximum Gasteiger partial charge on any atom is 0.277 e. The minimum atomic E-state index is -0.409. The van der Waals surface area contributed by atoms with Gasteiger partial charge in [0.25, 0.3) is 5.91 Å². The van der Waals surface area contributed by atoms with E-state index >= 15 is 0 Å². The summed E-state index contributed by atoms with van der Waals surface area (Å²) in [6.07, 6.45) is 4.63. The second-order valence-electron chi connectivity index (χ2n) is 3.25. The SMILES string of the molecule is O=C(Nc1ncc[nH]1)c1ncccc1C#CCO. The van der Waals surface area contributed by atoms with Crippen LogP contribution in [0.2, 0.25) is 0 Å². The van der Waals surface area contributed by atoms with Gasteiger partial charge in [0, 0.05) is 18.6 Å². The predicted molar refractivity (Wildman–Crippen MR) is 64.7 cm³/mol. The fraction of sp³-hybridized carbons (Fsp3) is 0.0833. The zero-order valence-corrected chi connectivity index (χ0v) is 9.34. The molecule has 0 saturated carbocycles. The van der Waals surface area contributed by atoms with E-state index < -0.39 is 5.91 Å². The molecular formula is C12H10N4O2. The van der Waals surface area contributed by atoms with Gasteiger partial charge in [-0.2, -0.15) is 0 Å². The fourth-order valence-corrected chi connectivity index (χ4v) is 1.32. The Morgan fingerprint density at radius 2 is 2.33 bits per heavy atom. The molecule has 0 atom stereocenters. The second-order valence-corrected chi connectivity index (χ2v) is 3.25. The summed E-state index contributed by atoms with van der Waals surface area (Å²) in [6.45, 7) is -0.270. The van der Waals surface area contributed by atoms with Crippen molar-refractivity contribution >= 4 is 11.9 Å². The number of imidazole rings is 1. The lowest BCUT2D eigenvalue weighted by atomic mass is 10.2. The zero-order chi connectivity index (χ0) is 12.8. The second kappa shape index (κ2) is 5.61. The van der Waals surface area contributed by atoms with Crippen molar-refractivity contribution in [1.82, 2.24) is 15.0 Å². The lowest BCUT2D eigenvalue weighted by Gasteiger charge is -2.02. The molecule has 2 heterocycles. The van der Waals surface area contributed by atoms with E-state index in [9.17, 15) is 4.79 Å². The van der Waals surface area contributed by atoms with Crippen LogP contribution in [-0.4, -0.2) is 32.6 Å². The van der Waals surface area contributed by atoms with Crippen LogP contribution in [0.5, 0.6) is 0 Å². The molecule has 0 spiro atoms. The lowest BCUT2D eigenvalue weighted by molar-refractivity contribution is 0.102. The fourth-order valence-electron chi connectivity index (χ4n) is 1.32. The summed E-state index contributed by atoms with van der Waals surface area (Å²) in [6, 6.07) is 3.33. The number of carbonyl (C=O) groups excluding carboxylic acids is 1. The first-order chi connectivity index (χ1) is 8.81. The van der Waals surface area contributed by atoms with Crippen LogP contribution >= 0.6 is 0 Å². The van der Waals surface area contributed by atoms with Gasteiger partial charge in [-0.3, -0.25) is 10.1 Å². The van der Waals surface area contributed by atoms with E-state index in [-0.39, 0.29) is 12.3 Å². The Hall–Kier alpha value is -2.65. The van der Waals surface area contributed by atoms with Gasteiger partial charge in [-0.05, 0) is 12.1 Å². The first-order valence-corrected chi connectivity index (χ1v) is 5.16. The van der Waals surface area contributed by atoms with Gasteiger partial charge >= 0.3 is 0 Å². The Morgan fingerprint density at radius 1 is 1.44 bits per heavy atom. The van der Waals surface area contributed by atoms with E-state index in [0.717, 1.165) is 0 Å². The Morgan fingerprint density at radius 3 is 3.06 bits per heavy atom. The predicted octanol–water partition coefficient (Wildman–Crippen LogP) is 0.401. The third-order valence-corrected chi connectivity index (χ3v) is 2.06. The van der Waals surface area contributed by atoms with Crippen LogP contribution in [0.3, 0.4) is 0 Å². The molecule has 6 nitrogen and oxygen atoms in total. The van der Waals surface area contributed by atoms with Gasteiger partial charge in [0.15, 0.2) is 0 Å². The molecule has 3 N–H and O–H groups in total. The van der Waals surface area contributed by atoms with Crippen molar-refractivity contribution in [3.05, 3.63) is 42.0 Å². The monoisotopic (exact) mass is 242 g/mol. The number of aliphatic hydroxyl groups excluding tert-OH is 1. The highest BCUT2D eigenvalue weighted by molar-refractivity contribution is 6.03. The average Bonchev–Trinajstić information content (AvgIpc) is 2.89. The van der Waals surface area contributed by atoms with Crippen molar-refractivity contribution < 1.29 is 9.90 Å². The van der Waals surface area contributed by atoms with Gasteiger partial charge in [0.2, 0.25) is 5.95 Å². The van der Waals surface area contributed by atoms with Crippen LogP contribution in [0, 0.1) is 11.8 Å². The number of carbonyl (C=O) groups is 1. The number of hydrogen-bond donors (Lipinski definition) is 3. The van der Waals surface area contributed by atoms with Gasteiger partial charge in [-0.15, -0.1) is 0 Å². The molecule has 0 aromatic carbocycles. The van der Waals surface area contributed by atoms with Crippen molar-refractivity contribution in [2.45, 2.75) is 0 Å². The number of H-pyrrole nitrogens is 1. The van der Waals surface area contributed by atoms with Gasteiger partial charge in [0.05, 0.1) is 5.56 Å². The molecule has 2 rings (SSSR count). The normalized spacial score (nSPS) is 9.39. The largest absolute Gasteiger partial charge is 0.384 e. The van der Waals surface area contributed by atoms with E-state index in [2.05, 4.69) is 32.1 Å². The summed E-state index contributed by atoms with van der Waals surface area (Å²) in [4.78, 5) is 22.5. The molecular weight excluding hydrogens is 232 g/mol. The van der Waals surface area contributed by atoms with Crippen LogP contribution < -0.4 is 5.32 Å². The summed E-state index contributed by atoms with van der Waals surface area (Å²) in [5.74, 6) is 5.08. The highest BCUT2D eigenvalue weighted by Crippen LogP contribution is 2.06. The van der Waals surface area contributed by atoms with Crippen LogP contribution in [0.1, 0.15) is 16.1 Å². The number of aliphatic hydroxyl groups is 1. The van der Waals surface area contributed by atoms with E-state index in [0.29, 0.717) is 11.5 Å². The number of pyridine rings is 1. The summed E-state index contributed by atoms with van der Waals surface area (Å²) < 4.78 is 0. The third kappa shape index (κ3) is 2.72. The van der Waals surface area contributed by atoms with E-state index in [1.165, 1.54) is 12.4 Å². The van der Waals surface area contributed by atoms with Crippen LogP contribution in [0.4, 0.5) is 5.95 Å². The molecule has 0 fully saturated rings.